The van der Waals surface area contributed by atoms with Gasteiger partial charge in [0.15, 0.2) is 18.2 Å². The van der Waals surface area contributed by atoms with Crippen LogP contribution in [0.5, 0.6) is 5.75 Å². The van der Waals surface area contributed by atoms with Gasteiger partial charge in [-0.3, -0.25) is 4.79 Å². The Kier molecular flexibility index (Phi) is 3.80. The van der Waals surface area contributed by atoms with Crippen LogP contribution in [0.2, 0.25) is 0 Å². The van der Waals surface area contributed by atoms with Gasteiger partial charge in [-0.25, -0.2) is 0 Å². The summed E-state index contributed by atoms with van der Waals surface area (Å²) in [7, 11) is 1.54. The zero-order valence-electron chi connectivity index (χ0n) is 10.9. The summed E-state index contributed by atoms with van der Waals surface area (Å²) < 4.78 is 5.87. The fourth-order valence-electron chi connectivity index (χ4n) is 1.87. The Bertz CT molecular complexity index is 591. The smallest absolute Gasteiger partial charge is 0.197 e. The van der Waals surface area contributed by atoms with Gasteiger partial charge in [0.1, 0.15) is 5.75 Å². The summed E-state index contributed by atoms with van der Waals surface area (Å²) in [6.07, 6.45) is 3.46. The van der Waals surface area contributed by atoms with Crippen molar-refractivity contribution in [1.82, 2.24) is 0 Å². The number of carbonyl (C=O) groups excluding carboxylic acids is 1. The molecule has 19 heavy (non-hydrogen) atoms. The van der Waals surface area contributed by atoms with E-state index in [4.69, 9.17) is 4.74 Å². The second-order valence-electron chi connectivity index (χ2n) is 4.16. The summed E-state index contributed by atoms with van der Waals surface area (Å²) in [6.45, 7) is 2.03. The van der Waals surface area contributed by atoms with Crippen LogP contribution in [-0.2, 0) is 6.42 Å². The number of carbonyl (C=O) groups is 1. The van der Waals surface area contributed by atoms with Crippen molar-refractivity contribution in [3.8, 4) is 5.75 Å². The molecule has 0 aliphatic carbocycles. The van der Waals surface area contributed by atoms with Gasteiger partial charge in [-0.15, -0.1) is 0 Å². The van der Waals surface area contributed by atoms with Crippen LogP contribution in [0.15, 0.2) is 42.7 Å². The van der Waals surface area contributed by atoms with Gasteiger partial charge in [-0.1, -0.05) is 13.0 Å². The fraction of sp³-hybridized carbons (Fsp3) is 0.200. The number of aryl methyl sites for hydroxylation is 1. The van der Waals surface area contributed by atoms with Gasteiger partial charge in [0, 0.05) is 17.7 Å². The number of benzene rings is 1. The number of methoxy groups -OCH3 is 1. The van der Waals surface area contributed by atoms with E-state index in [1.165, 1.54) is 31.6 Å². The number of ketones is 1. The number of hydrogen-bond donors (Lipinski definition) is 0. The van der Waals surface area contributed by atoms with Gasteiger partial charge in [0.25, 0.3) is 0 Å². The average Bonchev–Trinajstić information content (AvgIpc) is 2.46. The highest BCUT2D eigenvalue weighted by Crippen LogP contribution is 2.23. The van der Waals surface area contributed by atoms with Crippen molar-refractivity contribution >= 4 is 5.78 Å². The molecule has 0 radical (unpaired) electrons. The van der Waals surface area contributed by atoms with E-state index in [1.54, 1.807) is 6.07 Å². The van der Waals surface area contributed by atoms with Crippen LogP contribution in [-0.4, -0.2) is 12.9 Å². The molecule has 0 aliphatic heterocycles. The van der Waals surface area contributed by atoms with E-state index in [9.17, 15) is 10.0 Å². The molecule has 0 fully saturated rings. The molecule has 4 heteroatoms. The maximum Gasteiger partial charge on any atom is 0.197 e. The molecule has 0 bridgehead atoms. The molecule has 0 saturated heterocycles. The molecule has 0 atom stereocenters. The highest BCUT2D eigenvalue weighted by atomic mass is 16.5. The average molecular weight is 257 g/mol. The minimum Gasteiger partial charge on any atom is -0.619 e. The largest absolute Gasteiger partial charge is 0.619 e. The minimum absolute atomic E-state index is 0.146. The molecule has 1 aromatic carbocycles. The lowest BCUT2D eigenvalue weighted by molar-refractivity contribution is -0.605. The Balaban J connectivity index is 2.44. The molecule has 1 aromatic heterocycles. The van der Waals surface area contributed by atoms with E-state index in [1.807, 2.05) is 19.1 Å². The molecule has 0 N–H and O–H groups in total. The van der Waals surface area contributed by atoms with Gasteiger partial charge in [0.05, 0.1) is 12.7 Å². The third-order valence-electron chi connectivity index (χ3n) is 2.98. The minimum atomic E-state index is -0.146. The van der Waals surface area contributed by atoms with E-state index < -0.39 is 0 Å². The maximum atomic E-state index is 12.4. The highest BCUT2D eigenvalue weighted by molar-refractivity contribution is 6.10. The number of ether oxygens (including phenoxy) is 1. The van der Waals surface area contributed by atoms with Gasteiger partial charge < -0.3 is 9.94 Å². The van der Waals surface area contributed by atoms with Gasteiger partial charge >= 0.3 is 0 Å². The predicted molar refractivity (Wildman–Crippen MR) is 71.2 cm³/mol. The second-order valence-corrected chi connectivity index (χ2v) is 4.16. The quantitative estimate of drug-likeness (QED) is 0.479. The Hall–Kier alpha value is -2.36. The molecule has 0 aliphatic rings. The Labute approximate surface area is 111 Å². The number of nitrogens with zero attached hydrogens (tertiary/aromatic N) is 1. The lowest BCUT2D eigenvalue weighted by atomic mass is 10.00. The molecule has 2 rings (SSSR count). The highest BCUT2D eigenvalue weighted by Gasteiger charge is 2.15. The molecule has 0 amide bonds. The molecule has 98 valence electrons. The Morgan fingerprint density at radius 3 is 2.53 bits per heavy atom. The monoisotopic (exact) mass is 257 g/mol. The fourth-order valence-corrected chi connectivity index (χ4v) is 1.87. The molecule has 1 heterocycles. The number of hydrogen-bond acceptors (Lipinski definition) is 3. The normalized spacial score (nSPS) is 10.2. The first-order valence-corrected chi connectivity index (χ1v) is 6.06. The van der Waals surface area contributed by atoms with E-state index in [0.29, 0.717) is 21.6 Å². The van der Waals surface area contributed by atoms with Crippen molar-refractivity contribution < 1.29 is 14.3 Å². The lowest BCUT2D eigenvalue weighted by Crippen LogP contribution is -2.24. The zero-order valence-corrected chi connectivity index (χ0v) is 10.9. The molecule has 0 spiro atoms. The summed E-state index contributed by atoms with van der Waals surface area (Å²) in [5.74, 6) is 0.397. The summed E-state index contributed by atoms with van der Waals surface area (Å²) in [4.78, 5) is 12.4. The van der Waals surface area contributed by atoms with Crippen molar-refractivity contribution in [3.05, 3.63) is 64.6 Å². The van der Waals surface area contributed by atoms with Crippen LogP contribution < -0.4 is 9.47 Å². The van der Waals surface area contributed by atoms with E-state index in [2.05, 4.69) is 0 Å². The van der Waals surface area contributed by atoms with Gasteiger partial charge in [-0.05, 0) is 24.1 Å². The van der Waals surface area contributed by atoms with Crippen molar-refractivity contribution in [1.29, 1.82) is 0 Å². The molecule has 0 unspecified atom stereocenters. The molecule has 4 nitrogen and oxygen atoms in total. The van der Waals surface area contributed by atoms with E-state index >= 15 is 0 Å². The molecular formula is C15H15NO3. The molecule has 0 saturated carbocycles. The molecule has 2 aromatic rings. The van der Waals surface area contributed by atoms with Crippen LogP contribution in [0.1, 0.15) is 28.4 Å². The first-order valence-electron chi connectivity index (χ1n) is 6.06. The Morgan fingerprint density at radius 2 is 1.95 bits per heavy atom. The Morgan fingerprint density at radius 1 is 1.26 bits per heavy atom. The van der Waals surface area contributed by atoms with Crippen LogP contribution >= 0.6 is 0 Å². The van der Waals surface area contributed by atoms with Crippen LogP contribution in [0.25, 0.3) is 0 Å². The third-order valence-corrected chi connectivity index (χ3v) is 2.98. The van der Waals surface area contributed by atoms with Crippen LogP contribution in [0, 0.1) is 5.21 Å². The molecular weight excluding hydrogens is 242 g/mol. The third kappa shape index (κ3) is 2.73. The van der Waals surface area contributed by atoms with Crippen molar-refractivity contribution in [3.63, 3.8) is 0 Å². The summed E-state index contributed by atoms with van der Waals surface area (Å²) >= 11 is 0. The maximum absolute atomic E-state index is 12.4. The standard InChI is InChI=1S/C15H15NO3/c1-3-11-4-5-14(19-2)13(10-11)15(17)12-6-8-16(18)9-7-12/h4-10H,3H2,1-2H3. The van der Waals surface area contributed by atoms with Crippen LogP contribution in [0.4, 0.5) is 0 Å². The van der Waals surface area contributed by atoms with Crippen LogP contribution in [0.3, 0.4) is 0 Å². The number of aromatic nitrogens is 1. The summed E-state index contributed by atoms with van der Waals surface area (Å²) in [5.41, 5.74) is 2.06. The van der Waals surface area contributed by atoms with Gasteiger partial charge in [-0.2, -0.15) is 4.73 Å². The zero-order chi connectivity index (χ0) is 13.8. The number of pyridine rings is 1. The predicted octanol–water partition coefficient (Wildman–Crippen LogP) is 2.12. The van der Waals surface area contributed by atoms with Crippen molar-refractivity contribution in [2.45, 2.75) is 13.3 Å². The summed E-state index contributed by atoms with van der Waals surface area (Å²) in [5, 5.41) is 11.0. The SMILES string of the molecule is CCc1ccc(OC)c(C(=O)c2cc[n+]([O-])cc2)c1. The van der Waals surface area contributed by atoms with Crippen molar-refractivity contribution in [2.24, 2.45) is 0 Å². The number of rotatable bonds is 4. The lowest BCUT2D eigenvalue weighted by Gasteiger charge is -2.09. The van der Waals surface area contributed by atoms with E-state index in [0.717, 1.165) is 12.0 Å². The topological polar surface area (TPSA) is 53.2 Å². The van der Waals surface area contributed by atoms with Gasteiger partial charge in [0.2, 0.25) is 0 Å². The first-order chi connectivity index (χ1) is 9.15. The first kappa shape index (κ1) is 13.1. The second kappa shape index (κ2) is 5.52. The summed E-state index contributed by atoms with van der Waals surface area (Å²) in [6, 6.07) is 8.58. The van der Waals surface area contributed by atoms with Crippen molar-refractivity contribution in [2.75, 3.05) is 7.11 Å². The van der Waals surface area contributed by atoms with E-state index in [-0.39, 0.29) is 5.78 Å².